The Balaban J connectivity index is 2.22. The van der Waals surface area contributed by atoms with E-state index in [-0.39, 0.29) is 37.4 Å². The van der Waals surface area contributed by atoms with Gasteiger partial charge in [-0.3, -0.25) is 9.59 Å². The number of nitrogens with zero attached hydrogens (tertiary/aromatic N) is 2. The van der Waals surface area contributed by atoms with Crippen LogP contribution in [0.3, 0.4) is 0 Å². The van der Waals surface area contributed by atoms with Crippen LogP contribution < -0.4 is 0 Å². The van der Waals surface area contributed by atoms with E-state index in [4.69, 9.17) is 9.47 Å². The summed E-state index contributed by atoms with van der Waals surface area (Å²) in [6, 6.07) is 2.27. The number of rotatable bonds is 10. The molecule has 7 nitrogen and oxygen atoms in total. The summed E-state index contributed by atoms with van der Waals surface area (Å²) in [6.45, 7) is 5.21. The Kier molecular flexibility index (Phi) is 8.67. The predicted molar refractivity (Wildman–Crippen MR) is 109 cm³/mol. The van der Waals surface area contributed by atoms with Gasteiger partial charge in [0.05, 0.1) is 13.2 Å². The van der Waals surface area contributed by atoms with E-state index in [1.54, 1.807) is 6.92 Å². The maximum atomic E-state index is 14.1. The lowest BCUT2D eigenvalue weighted by molar-refractivity contribution is -0.158. The molecular weight excluding hydrogens is 410 g/mol. The summed E-state index contributed by atoms with van der Waals surface area (Å²) >= 11 is 0. The molecule has 0 aromatic heterocycles. The van der Waals surface area contributed by atoms with Gasteiger partial charge in [-0.2, -0.15) is 0 Å². The summed E-state index contributed by atoms with van der Waals surface area (Å²) in [5.74, 6) is -3.29. The lowest BCUT2D eigenvalue weighted by atomic mass is 10.1. The fourth-order valence-electron chi connectivity index (χ4n) is 3.73. The van der Waals surface area contributed by atoms with Gasteiger partial charge in [0.1, 0.15) is 0 Å². The van der Waals surface area contributed by atoms with Gasteiger partial charge >= 0.3 is 5.97 Å². The molecule has 9 heteroatoms. The highest BCUT2D eigenvalue weighted by molar-refractivity contribution is 5.86. The first-order chi connectivity index (χ1) is 14.7. The quantitative estimate of drug-likeness (QED) is 0.414. The van der Waals surface area contributed by atoms with E-state index in [9.17, 15) is 23.2 Å². The summed E-state index contributed by atoms with van der Waals surface area (Å²) in [6.07, 6.45) is 1.35. The third-order valence-electron chi connectivity index (χ3n) is 5.48. The summed E-state index contributed by atoms with van der Waals surface area (Å²) in [4.78, 5) is 40.5. The lowest BCUT2D eigenvalue weighted by Crippen LogP contribution is -2.53. The second kappa shape index (κ2) is 11.0. The molecule has 31 heavy (non-hydrogen) atoms. The Morgan fingerprint density at radius 1 is 1.35 bits per heavy atom. The van der Waals surface area contributed by atoms with Crippen molar-refractivity contribution < 1.29 is 32.6 Å². The zero-order valence-corrected chi connectivity index (χ0v) is 18.0. The minimum atomic E-state index is -1.01. The number of methoxy groups -OCH3 is 2. The number of halogens is 2. The fraction of sp³-hybridized carbons (Fsp3) is 0.500. The number of hydrogen-bond acceptors (Lipinski definition) is 5. The number of amides is 2. The number of ether oxygens (including phenoxy) is 2. The average molecular weight is 438 g/mol. The van der Waals surface area contributed by atoms with Crippen molar-refractivity contribution >= 4 is 17.8 Å². The molecule has 0 unspecified atom stereocenters. The molecular formula is C22H28F2N2O5. The van der Waals surface area contributed by atoms with E-state index in [1.165, 1.54) is 42.2 Å². The maximum absolute atomic E-state index is 14.1. The van der Waals surface area contributed by atoms with Crippen molar-refractivity contribution in [3.05, 3.63) is 48.1 Å². The molecule has 2 amide bonds. The maximum Gasteiger partial charge on any atom is 0.331 e. The standard InChI is InChI=1S/C22H28F2N2O5/c1-5-11-25(21(14(2)30-3)22(29)31-4)19(28)12-16-9-10-18(27)26(16)13-15-7-6-8-17(23)20(15)24/h5-8,14,16,21H,1,9-13H2,2-4H3/t14-,16+,21+/m1/s1. The molecule has 2 rings (SSSR count). The zero-order chi connectivity index (χ0) is 23.1. The van der Waals surface area contributed by atoms with Crippen LogP contribution in [0.1, 0.15) is 31.7 Å². The monoisotopic (exact) mass is 438 g/mol. The third-order valence-corrected chi connectivity index (χ3v) is 5.48. The molecule has 1 aliphatic rings. The molecule has 0 aliphatic carbocycles. The summed E-state index contributed by atoms with van der Waals surface area (Å²) in [5, 5.41) is 0. The van der Waals surface area contributed by atoms with E-state index >= 15 is 0 Å². The van der Waals surface area contributed by atoms with Crippen molar-refractivity contribution in [3.8, 4) is 0 Å². The number of esters is 1. The fourth-order valence-corrected chi connectivity index (χ4v) is 3.73. The van der Waals surface area contributed by atoms with Crippen LogP contribution in [0, 0.1) is 11.6 Å². The van der Waals surface area contributed by atoms with Crippen LogP contribution in [0.2, 0.25) is 0 Å². The van der Waals surface area contributed by atoms with Crippen molar-refractivity contribution in [3.63, 3.8) is 0 Å². The molecule has 0 radical (unpaired) electrons. The predicted octanol–water partition coefficient (Wildman–Crippen LogP) is 2.44. The van der Waals surface area contributed by atoms with E-state index in [2.05, 4.69) is 6.58 Å². The normalized spacial score (nSPS) is 17.9. The molecule has 1 aromatic carbocycles. The van der Waals surface area contributed by atoms with Gasteiger partial charge in [0.25, 0.3) is 0 Å². The van der Waals surface area contributed by atoms with Crippen LogP contribution >= 0.6 is 0 Å². The Morgan fingerprint density at radius 3 is 2.68 bits per heavy atom. The third kappa shape index (κ3) is 5.66. The van der Waals surface area contributed by atoms with Gasteiger partial charge in [0.2, 0.25) is 11.8 Å². The summed E-state index contributed by atoms with van der Waals surface area (Å²) < 4.78 is 37.7. The topological polar surface area (TPSA) is 76.2 Å². The van der Waals surface area contributed by atoms with Gasteiger partial charge in [0, 0.05) is 44.6 Å². The number of hydrogen-bond donors (Lipinski definition) is 0. The van der Waals surface area contributed by atoms with Crippen molar-refractivity contribution in [1.29, 1.82) is 0 Å². The molecule has 1 heterocycles. The van der Waals surface area contributed by atoms with E-state index in [0.717, 1.165) is 6.07 Å². The highest BCUT2D eigenvalue weighted by Gasteiger charge is 2.38. The SMILES string of the molecule is C=CCN(C(=O)C[C@@H]1CCC(=O)N1Cc1cccc(F)c1F)[C@H](C(=O)OC)[C@@H](C)OC. The van der Waals surface area contributed by atoms with Crippen molar-refractivity contribution in [1.82, 2.24) is 9.80 Å². The lowest BCUT2D eigenvalue weighted by Gasteiger charge is -2.34. The van der Waals surface area contributed by atoms with Crippen LogP contribution in [0.4, 0.5) is 8.78 Å². The van der Waals surface area contributed by atoms with E-state index in [1.807, 2.05) is 0 Å². The zero-order valence-electron chi connectivity index (χ0n) is 18.0. The number of carbonyl (C=O) groups excluding carboxylic acids is 3. The molecule has 0 spiro atoms. The average Bonchev–Trinajstić information content (AvgIpc) is 3.09. The number of likely N-dealkylation sites (tertiary alicyclic amines) is 1. The van der Waals surface area contributed by atoms with Crippen LogP contribution in [-0.2, 0) is 30.4 Å². The highest BCUT2D eigenvalue weighted by atomic mass is 19.2. The van der Waals surface area contributed by atoms with E-state index in [0.29, 0.717) is 6.42 Å². The molecule has 1 aromatic rings. The summed E-state index contributed by atoms with van der Waals surface area (Å²) in [5.41, 5.74) is 0.0380. The second-order valence-electron chi connectivity index (χ2n) is 7.37. The van der Waals surface area contributed by atoms with Crippen molar-refractivity contribution in [2.75, 3.05) is 20.8 Å². The Labute approximate surface area is 180 Å². The molecule has 0 N–H and O–H groups in total. The Morgan fingerprint density at radius 2 is 2.06 bits per heavy atom. The van der Waals surface area contributed by atoms with Crippen LogP contribution in [0.15, 0.2) is 30.9 Å². The van der Waals surface area contributed by atoms with Gasteiger partial charge in [-0.1, -0.05) is 18.2 Å². The molecule has 1 fully saturated rings. The first kappa shape index (κ1) is 24.5. The van der Waals surface area contributed by atoms with E-state index < -0.39 is 41.7 Å². The number of carbonyl (C=O) groups is 3. The van der Waals surface area contributed by atoms with Gasteiger partial charge < -0.3 is 19.3 Å². The first-order valence-corrected chi connectivity index (χ1v) is 9.98. The molecule has 3 atom stereocenters. The molecule has 0 bridgehead atoms. The van der Waals surface area contributed by atoms with Crippen molar-refractivity contribution in [2.24, 2.45) is 0 Å². The molecule has 1 saturated heterocycles. The largest absolute Gasteiger partial charge is 0.467 e. The Bertz CT molecular complexity index is 832. The highest BCUT2D eigenvalue weighted by Crippen LogP contribution is 2.26. The van der Waals surface area contributed by atoms with Gasteiger partial charge in [0.15, 0.2) is 17.7 Å². The van der Waals surface area contributed by atoms with Crippen molar-refractivity contribution in [2.45, 2.75) is 50.9 Å². The minimum absolute atomic E-state index is 0.0380. The van der Waals surface area contributed by atoms with Gasteiger partial charge in [-0.25, -0.2) is 13.6 Å². The first-order valence-electron chi connectivity index (χ1n) is 9.98. The molecule has 170 valence electrons. The van der Waals surface area contributed by atoms with Gasteiger partial charge in [-0.15, -0.1) is 6.58 Å². The van der Waals surface area contributed by atoms with Gasteiger partial charge in [-0.05, 0) is 19.4 Å². The smallest absolute Gasteiger partial charge is 0.331 e. The molecule has 1 aliphatic heterocycles. The number of benzene rings is 1. The van der Waals surface area contributed by atoms with Crippen LogP contribution in [-0.4, -0.2) is 66.5 Å². The molecule has 0 saturated carbocycles. The second-order valence-corrected chi connectivity index (χ2v) is 7.37. The van der Waals surface area contributed by atoms with Crippen LogP contribution in [0.25, 0.3) is 0 Å². The van der Waals surface area contributed by atoms with Crippen LogP contribution in [0.5, 0.6) is 0 Å². The Hall–Kier alpha value is -2.81. The summed E-state index contributed by atoms with van der Waals surface area (Å²) in [7, 11) is 2.64. The minimum Gasteiger partial charge on any atom is -0.467 e.